The highest BCUT2D eigenvalue weighted by molar-refractivity contribution is 6.31. The Morgan fingerprint density at radius 1 is 1.41 bits per heavy atom. The highest BCUT2D eigenvalue weighted by atomic mass is 35.5. The molecule has 1 N–H and O–H groups in total. The van der Waals surface area contributed by atoms with Crippen molar-refractivity contribution in [1.29, 1.82) is 0 Å². The van der Waals surface area contributed by atoms with Gasteiger partial charge in [0.15, 0.2) is 0 Å². The molecule has 1 heterocycles. The van der Waals surface area contributed by atoms with Gasteiger partial charge < -0.3 is 10.2 Å². The van der Waals surface area contributed by atoms with Crippen molar-refractivity contribution in [3.8, 4) is 0 Å². The molecule has 1 aliphatic rings. The first-order valence-corrected chi connectivity index (χ1v) is 6.48. The largest absolute Gasteiger partial charge is 0.371 e. The Morgan fingerprint density at radius 3 is 3.00 bits per heavy atom. The minimum Gasteiger partial charge on any atom is -0.371 e. The van der Waals surface area contributed by atoms with Gasteiger partial charge in [0, 0.05) is 24.8 Å². The van der Waals surface area contributed by atoms with Gasteiger partial charge in [-0.15, -0.1) is 0 Å². The Hall–Kier alpha value is -0.800. The van der Waals surface area contributed by atoms with E-state index in [9.17, 15) is 4.39 Å². The van der Waals surface area contributed by atoms with Gasteiger partial charge in [-0.3, -0.25) is 0 Å². The van der Waals surface area contributed by atoms with E-state index in [2.05, 4.69) is 17.1 Å². The summed E-state index contributed by atoms with van der Waals surface area (Å²) < 4.78 is 13.1. The average molecular weight is 257 g/mol. The van der Waals surface area contributed by atoms with E-state index in [0.717, 1.165) is 38.2 Å². The highest BCUT2D eigenvalue weighted by Crippen LogP contribution is 2.23. The Balaban J connectivity index is 2.10. The van der Waals surface area contributed by atoms with Crippen LogP contribution in [-0.2, 0) is 0 Å². The lowest BCUT2D eigenvalue weighted by molar-refractivity contribution is 0.475. The van der Waals surface area contributed by atoms with Gasteiger partial charge in [-0.2, -0.15) is 0 Å². The minimum absolute atomic E-state index is 0.204. The first-order chi connectivity index (χ1) is 8.16. The second-order valence-electron chi connectivity index (χ2n) is 4.58. The van der Waals surface area contributed by atoms with Crippen molar-refractivity contribution in [2.24, 2.45) is 0 Å². The summed E-state index contributed by atoms with van der Waals surface area (Å²) in [5.41, 5.74) is 1.02. The summed E-state index contributed by atoms with van der Waals surface area (Å²) >= 11 is 5.82. The zero-order valence-electron chi connectivity index (χ0n) is 10.0. The molecule has 0 aromatic heterocycles. The van der Waals surface area contributed by atoms with Crippen LogP contribution in [0.3, 0.4) is 0 Å². The van der Waals surface area contributed by atoms with Crippen molar-refractivity contribution in [1.82, 2.24) is 5.32 Å². The maximum absolute atomic E-state index is 13.1. The topological polar surface area (TPSA) is 15.3 Å². The zero-order chi connectivity index (χ0) is 12.3. The van der Waals surface area contributed by atoms with E-state index in [1.807, 2.05) is 0 Å². The second-order valence-corrected chi connectivity index (χ2v) is 4.99. The van der Waals surface area contributed by atoms with E-state index in [1.165, 1.54) is 6.07 Å². The van der Waals surface area contributed by atoms with E-state index < -0.39 is 0 Å². The summed E-state index contributed by atoms with van der Waals surface area (Å²) in [6.07, 6.45) is 2.19. The fourth-order valence-corrected chi connectivity index (χ4v) is 2.30. The van der Waals surface area contributed by atoms with Crippen LogP contribution in [0.4, 0.5) is 10.1 Å². The molecule has 0 amide bonds. The van der Waals surface area contributed by atoms with Gasteiger partial charge in [-0.1, -0.05) is 11.6 Å². The predicted molar refractivity (Wildman–Crippen MR) is 70.3 cm³/mol. The van der Waals surface area contributed by atoms with Crippen LogP contribution in [-0.4, -0.2) is 25.7 Å². The van der Waals surface area contributed by atoms with E-state index >= 15 is 0 Å². The van der Waals surface area contributed by atoms with Crippen LogP contribution in [0.25, 0.3) is 0 Å². The minimum atomic E-state index is -0.350. The molecule has 17 heavy (non-hydrogen) atoms. The molecular formula is C13H18ClFN2. The number of hydrogen-bond donors (Lipinski definition) is 1. The summed E-state index contributed by atoms with van der Waals surface area (Å²) in [6, 6.07) is 5.50. The molecule has 1 aliphatic heterocycles. The van der Waals surface area contributed by atoms with Crippen molar-refractivity contribution in [2.75, 3.05) is 24.5 Å². The normalized spacial score (nSPS) is 22.1. The van der Waals surface area contributed by atoms with Crippen molar-refractivity contribution >= 4 is 17.3 Å². The summed E-state index contributed by atoms with van der Waals surface area (Å²) in [5.74, 6) is -0.350. The van der Waals surface area contributed by atoms with Gasteiger partial charge >= 0.3 is 0 Å². The van der Waals surface area contributed by atoms with Gasteiger partial charge in [0.1, 0.15) is 5.82 Å². The second kappa shape index (κ2) is 5.69. The summed E-state index contributed by atoms with van der Waals surface area (Å²) in [7, 11) is 0. The third kappa shape index (κ3) is 3.33. The molecule has 1 saturated heterocycles. The number of nitrogens with one attached hydrogen (secondary N) is 1. The molecular weight excluding hydrogens is 239 g/mol. The molecule has 0 bridgehead atoms. The number of nitrogens with zero attached hydrogens (tertiary/aromatic N) is 1. The number of rotatable bonds is 1. The molecule has 0 radical (unpaired) electrons. The van der Waals surface area contributed by atoms with Crippen LogP contribution in [0, 0.1) is 5.82 Å². The monoisotopic (exact) mass is 256 g/mol. The van der Waals surface area contributed by atoms with Crippen molar-refractivity contribution in [3.63, 3.8) is 0 Å². The Labute approximate surface area is 107 Å². The average Bonchev–Trinajstić information content (AvgIpc) is 2.28. The fourth-order valence-electron chi connectivity index (χ4n) is 2.12. The molecule has 1 atom stereocenters. The molecule has 0 aliphatic carbocycles. The molecule has 4 heteroatoms. The molecule has 1 aromatic carbocycles. The van der Waals surface area contributed by atoms with Crippen LogP contribution in [0.1, 0.15) is 19.8 Å². The Bertz CT molecular complexity index is 384. The van der Waals surface area contributed by atoms with Crippen molar-refractivity contribution < 1.29 is 4.39 Å². The van der Waals surface area contributed by atoms with Crippen LogP contribution < -0.4 is 10.2 Å². The third-order valence-electron chi connectivity index (χ3n) is 3.20. The fraction of sp³-hybridized carbons (Fsp3) is 0.538. The number of anilines is 1. The van der Waals surface area contributed by atoms with E-state index in [1.54, 1.807) is 12.1 Å². The number of halogens is 2. The SMILES string of the molecule is CC1CCN(c2ccc(F)c(Cl)c2)CCCN1. The van der Waals surface area contributed by atoms with Gasteiger partial charge in [-0.05, 0) is 44.5 Å². The number of hydrogen-bond acceptors (Lipinski definition) is 2. The van der Waals surface area contributed by atoms with E-state index in [0.29, 0.717) is 6.04 Å². The maximum Gasteiger partial charge on any atom is 0.141 e. The van der Waals surface area contributed by atoms with Crippen LogP contribution in [0.15, 0.2) is 18.2 Å². The lowest BCUT2D eigenvalue weighted by Gasteiger charge is -2.29. The van der Waals surface area contributed by atoms with Gasteiger partial charge in [0.25, 0.3) is 0 Å². The summed E-state index contributed by atoms with van der Waals surface area (Å²) in [5, 5.41) is 3.67. The lowest BCUT2D eigenvalue weighted by Crippen LogP contribution is -2.38. The van der Waals surface area contributed by atoms with Gasteiger partial charge in [0.2, 0.25) is 0 Å². The third-order valence-corrected chi connectivity index (χ3v) is 3.49. The molecule has 2 rings (SSSR count). The van der Waals surface area contributed by atoms with E-state index in [4.69, 9.17) is 11.6 Å². The van der Waals surface area contributed by atoms with E-state index in [-0.39, 0.29) is 10.8 Å². The standard InChI is InChI=1S/C13H18ClFN2/c1-10-5-8-17(7-2-6-16-10)11-3-4-13(15)12(14)9-11/h3-4,9-10,16H,2,5-8H2,1H3. The zero-order valence-corrected chi connectivity index (χ0v) is 10.8. The summed E-state index contributed by atoms with van der Waals surface area (Å²) in [6.45, 7) is 5.20. The molecule has 2 nitrogen and oxygen atoms in total. The predicted octanol–water partition coefficient (Wildman–Crippen LogP) is 3.06. The summed E-state index contributed by atoms with van der Waals surface area (Å²) in [4.78, 5) is 2.28. The molecule has 0 saturated carbocycles. The maximum atomic E-state index is 13.1. The molecule has 94 valence electrons. The first-order valence-electron chi connectivity index (χ1n) is 6.10. The lowest BCUT2D eigenvalue weighted by atomic mass is 10.1. The molecule has 1 unspecified atom stereocenters. The Kier molecular flexibility index (Phi) is 4.24. The quantitative estimate of drug-likeness (QED) is 0.831. The number of benzene rings is 1. The highest BCUT2D eigenvalue weighted by Gasteiger charge is 2.13. The Morgan fingerprint density at radius 2 is 2.24 bits per heavy atom. The first kappa shape index (κ1) is 12.7. The van der Waals surface area contributed by atoms with Gasteiger partial charge in [0.05, 0.1) is 5.02 Å². The van der Waals surface area contributed by atoms with Crippen LogP contribution >= 0.6 is 11.6 Å². The molecule has 1 aromatic rings. The molecule has 0 spiro atoms. The smallest absolute Gasteiger partial charge is 0.141 e. The van der Waals surface area contributed by atoms with Crippen molar-refractivity contribution in [3.05, 3.63) is 29.0 Å². The van der Waals surface area contributed by atoms with Crippen molar-refractivity contribution in [2.45, 2.75) is 25.8 Å². The van der Waals surface area contributed by atoms with Crippen LogP contribution in [0.2, 0.25) is 5.02 Å². The van der Waals surface area contributed by atoms with Crippen LogP contribution in [0.5, 0.6) is 0 Å². The molecule has 1 fully saturated rings. The van der Waals surface area contributed by atoms with Gasteiger partial charge in [-0.25, -0.2) is 4.39 Å².